The van der Waals surface area contributed by atoms with E-state index in [-0.39, 0.29) is 12.8 Å². The summed E-state index contributed by atoms with van der Waals surface area (Å²) >= 11 is 0. The summed E-state index contributed by atoms with van der Waals surface area (Å²) in [6, 6.07) is 0. The van der Waals surface area contributed by atoms with Crippen LogP contribution in [-0.4, -0.2) is 19.1 Å². The van der Waals surface area contributed by atoms with E-state index in [2.05, 4.69) is 20.8 Å². The van der Waals surface area contributed by atoms with Crippen molar-refractivity contribution in [3.05, 3.63) is 0 Å². The van der Waals surface area contributed by atoms with E-state index in [1.807, 2.05) is 27.7 Å². The van der Waals surface area contributed by atoms with Crippen LogP contribution in [0.4, 0.5) is 8.78 Å². The number of hydrogen-bond donors (Lipinski definition) is 0. The lowest BCUT2D eigenvalue weighted by atomic mass is 9.80. The lowest BCUT2D eigenvalue weighted by molar-refractivity contribution is -0.0504. The molecule has 2 fully saturated rings. The van der Waals surface area contributed by atoms with Crippen LogP contribution in [0.1, 0.15) is 87.0 Å². The fourth-order valence-electron chi connectivity index (χ4n) is 2.54. The van der Waals surface area contributed by atoms with Gasteiger partial charge in [-0.3, -0.25) is 0 Å². The van der Waals surface area contributed by atoms with E-state index in [1.165, 1.54) is 12.8 Å². The van der Waals surface area contributed by atoms with Crippen LogP contribution in [0.25, 0.3) is 0 Å². The van der Waals surface area contributed by atoms with Crippen molar-refractivity contribution in [2.24, 2.45) is 17.8 Å². The van der Waals surface area contributed by atoms with E-state index in [4.69, 9.17) is 4.74 Å². The van der Waals surface area contributed by atoms with Crippen molar-refractivity contribution < 1.29 is 13.5 Å². The van der Waals surface area contributed by atoms with Gasteiger partial charge in [0.25, 0.3) is 0 Å². The molecule has 0 aromatic carbocycles. The van der Waals surface area contributed by atoms with E-state index < -0.39 is 5.92 Å². The van der Waals surface area contributed by atoms with Crippen LogP contribution in [0.15, 0.2) is 0 Å². The molecule has 136 valence electrons. The molecular weight excluding hydrogens is 282 g/mol. The van der Waals surface area contributed by atoms with Crippen molar-refractivity contribution in [1.29, 1.82) is 0 Å². The van der Waals surface area contributed by atoms with Gasteiger partial charge in [0, 0.05) is 26.1 Å². The Balaban J connectivity index is 0. The summed E-state index contributed by atoms with van der Waals surface area (Å²) < 4.78 is 30.4. The van der Waals surface area contributed by atoms with Crippen molar-refractivity contribution in [1.82, 2.24) is 0 Å². The topological polar surface area (TPSA) is 9.23 Å². The Kier molecular flexibility index (Phi) is 15.8. The van der Waals surface area contributed by atoms with Gasteiger partial charge in [-0.25, -0.2) is 8.78 Å². The summed E-state index contributed by atoms with van der Waals surface area (Å²) in [6.07, 6.45) is 4.17. The molecule has 22 heavy (non-hydrogen) atoms. The molecule has 0 bridgehead atoms. The first-order chi connectivity index (χ1) is 10.4. The van der Waals surface area contributed by atoms with Crippen LogP contribution in [0, 0.1) is 17.8 Å². The SMILES string of the molecule is CC.CC.CC(C)C1CCC(F)(F)CC1.CC1CCOCC1. The van der Waals surface area contributed by atoms with Crippen molar-refractivity contribution >= 4 is 0 Å². The van der Waals surface area contributed by atoms with Gasteiger partial charge in [0.2, 0.25) is 5.92 Å². The van der Waals surface area contributed by atoms with Gasteiger partial charge >= 0.3 is 0 Å². The van der Waals surface area contributed by atoms with Gasteiger partial charge in [0.05, 0.1) is 0 Å². The molecule has 0 radical (unpaired) electrons. The first kappa shape index (κ1) is 24.1. The number of ether oxygens (including phenoxy) is 1. The lowest BCUT2D eigenvalue weighted by Crippen LogP contribution is -2.26. The molecule has 0 unspecified atom stereocenters. The quantitative estimate of drug-likeness (QED) is 0.507. The first-order valence-corrected chi connectivity index (χ1v) is 9.36. The monoisotopic (exact) mass is 322 g/mol. The van der Waals surface area contributed by atoms with E-state index in [9.17, 15) is 8.78 Å². The van der Waals surface area contributed by atoms with Crippen LogP contribution in [0.3, 0.4) is 0 Å². The highest BCUT2D eigenvalue weighted by Crippen LogP contribution is 2.38. The smallest absolute Gasteiger partial charge is 0.248 e. The molecule has 0 N–H and O–H groups in total. The van der Waals surface area contributed by atoms with Crippen molar-refractivity contribution in [2.75, 3.05) is 13.2 Å². The number of hydrogen-bond acceptors (Lipinski definition) is 1. The minimum absolute atomic E-state index is 0.107. The highest BCUT2D eigenvalue weighted by molar-refractivity contribution is 4.78. The third-order valence-electron chi connectivity index (χ3n) is 4.21. The fraction of sp³-hybridized carbons (Fsp3) is 1.00. The van der Waals surface area contributed by atoms with E-state index in [0.717, 1.165) is 19.1 Å². The average molecular weight is 323 g/mol. The number of alkyl halides is 2. The zero-order valence-corrected chi connectivity index (χ0v) is 16.1. The Labute approximate surface area is 138 Å². The summed E-state index contributed by atoms with van der Waals surface area (Å²) in [6.45, 7) is 16.5. The largest absolute Gasteiger partial charge is 0.381 e. The second-order valence-corrected chi connectivity index (χ2v) is 6.23. The van der Waals surface area contributed by atoms with Crippen LogP contribution in [0.5, 0.6) is 0 Å². The molecule has 0 aromatic rings. The molecule has 3 heteroatoms. The predicted molar refractivity (Wildman–Crippen MR) is 93.7 cm³/mol. The van der Waals surface area contributed by atoms with Crippen molar-refractivity contribution in [2.45, 2.75) is 92.9 Å². The molecule has 1 nitrogen and oxygen atoms in total. The van der Waals surface area contributed by atoms with Gasteiger partial charge in [-0.15, -0.1) is 0 Å². The Morgan fingerprint density at radius 2 is 1.27 bits per heavy atom. The highest BCUT2D eigenvalue weighted by Gasteiger charge is 2.35. The Hall–Kier alpha value is -0.180. The minimum Gasteiger partial charge on any atom is -0.381 e. The molecule has 1 heterocycles. The summed E-state index contributed by atoms with van der Waals surface area (Å²) in [5.74, 6) is -0.333. The van der Waals surface area contributed by atoms with E-state index in [0.29, 0.717) is 24.7 Å². The maximum absolute atomic E-state index is 12.6. The summed E-state index contributed by atoms with van der Waals surface area (Å²) in [4.78, 5) is 0. The molecule has 1 aliphatic carbocycles. The second-order valence-electron chi connectivity index (χ2n) is 6.23. The molecule has 1 saturated carbocycles. The zero-order valence-electron chi connectivity index (χ0n) is 16.1. The molecule has 2 rings (SSSR count). The van der Waals surface area contributed by atoms with Gasteiger partial charge in [0.1, 0.15) is 0 Å². The Bertz CT molecular complexity index is 213. The predicted octanol–water partition coefficient (Wildman–Crippen LogP) is 6.95. The number of halogens is 2. The first-order valence-electron chi connectivity index (χ1n) is 9.36. The molecule has 1 aliphatic heterocycles. The highest BCUT2D eigenvalue weighted by atomic mass is 19.3. The van der Waals surface area contributed by atoms with Gasteiger partial charge < -0.3 is 4.74 Å². The second kappa shape index (κ2) is 14.4. The van der Waals surface area contributed by atoms with Crippen LogP contribution < -0.4 is 0 Å². The van der Waals surface area contributed by atoms with Crippen molar-refractivity contribution in [3.63, 3.8) is 0 Å². The standard InChI is InChI=1S/C9H16F2.C6H12O.2C2H6/c1-7(2)8-3-5-9(10,11)6-4-8;1-6-2-4-7-5-3-6;2*1-2/h7-8H,3-6H2,1-2H3;6H,2-5H2,1H3;2*1-2H3. The molecule has 1 saturated heterocycles. The maximum atomic E-state index is 12.6. The van der Waals surface area contributed by atoms with Crippen LogP contribution in [0.2, 0.25) is 0 Å². The van der Waals surface area contributed by atoms with Crippen molar-refractivity contribution in [3.8, 4) is 0 Å². The summed E-state index contributed by atoms with van der Waals surface area (Å²) in [5.41, 5.74) is 0. The normalized spacial score (nSPS) is 21.5. The lowest BCUT2D eigenvalue weighted by Gasteiger charge is -2.30. The van der Waals surface area contributed by atoms with Gasteiger partial charge in [-0.1, -0.05) is 48.5 Å². The Morgan fingerprint density at radius 3 is 1.55 bits per heavy atom. The molecular formula is C19H40F2O. The molecule has 2 aliphatic rings. The summed E-state index contributed by atoms with van der Waals surface area (Å²) in [5, 5.41) is 0. The molecule has 0 amide bonds. The third kappa shape index (κ3) is 12.4. The van der Waals surface area contributed by atoms with Gasteiger partial charge in [0.15, 0.2) is 0 Å². The fourth-order valence-corrected chi connectivity index (χ4v) is 2.54. The molecule has 0 aromatic heterocycles. The average Bonchev–Trinajstić information content (AvgIpc) is 2.52. The third-order valence-corrected chi connectivity index (χ3v) is 4.21. The molecule has 0 atom stereocenters. The summed E-state index contributed by atoms with van der Waals surface area (Å²) in [7, 11) is 0. The van der Waals surface area contributed by atoms with Gasteiger partial charge in [-0.2, -0.15) is 0 Å². The maximum Gasteiger partial charge on any atom is 0.248 e. The number of rotatable bonds is 1. The Morgan fingerprint density at radius 1 is 0.864 bits per heavy atom. The van der Waals surface area contributed by atoms with Gasteiger partial charge in [-0.05, 0) is 43.4 Å². The zero-order chi connectivity index (χ0) is 17.6. The van der Waals surface area contributed by atoms with Crippen LogP contribution >= 0.6 is 0 Å². The minimum atomic E-state index is -2.36. The van der Waals surface area contributed by atoms with Crippen LogP contribution in [-0.2, 0) is 4.74 Å². The van der Waals surface area contributed by atoms with E-state index in [1.54, 1.807) is 0 Å². The molecule has 0 spiro atoms. The van der Waals surface area contributed by atoms with E-state index >= 15 is 0 Å².